The molecule has 0 aliphatic heterocycles. The lowest BCUT2D eigenvalue weighted by atomic mass is 9.90. The van der Waals surface area contributed by atoms with Crippen LogP contribution in [0.15, 0.2) is 35.9 Å². The summed E-state index contributed by atoms with van der Waals surface area (Å²) < 4.78 is 0. The Hall–Kier alpha value is -0.560. The van der Waals surface area contributed by atoms with E-state index in [0.717, 1.165) is 5.33 Å². The first kappa shape index (κ1) is 12.5. The first-order valence-electron chi connectivity index (χ1n) is 5.44. The van der Waals surface area contributed by atoms with E-state index in [2.05, 4.69) is 73.1 Å². The second kappa shape index (κ2) is 6.12. The standard InChI is InChI=1S/C14H19Br/c1-11(2)14(10-15)12(3)9-13-7-5-4-6-8-13/h4-9,11,14H,10H2,1-3H3/b12-9-/t14-/m1/s1. The average Bonchev–Trinajstić information content (AvgIpc) is 2.19. The molecule has 0 saturated heterocycles. The van der Waals surface area contributed by atoms with Crippen LogP contribution < -0.4 is 0 Å². The molecule has 0 bridgehead atoms. The minimum absolute atomic E-state index is 0.630. The largest absolute Gasteiger partial charge is 0.0921 e. The van der Waals surface area contributed by atoms with Crippen LogP contribution in [0.1, 0.15) is 26.3 Å². The summed E-state index contributed by atoms with van der Waals surface area (Å²) in [5, 5.41) is 1.04. The van der Waals surface area contributed by atoms with Crippen LogP contribution >= 0.6 is 15.9 Å². The van der Waals surface area contributed by atoms with E-state index >= 15 is 0 Å². The third-order valence-corrected chi connectivity index (χ3v) is 3.45. The Bertz CT molecular complexity index is 311. The van der Waals surface area contributed by atoms with Crippen molar-refractivity contribution in [3.8, 4) is 0 Å². The van der Waals surface area contributed by atoms with E-state index in [1.165, 1.54) is 11.1 Å². The van der Waals surface area contributed by atoms with Crippen molar-refractivity contribution in [3.05, 3.63) is 41.5 Å². The summed E-state index contributed by atoms with van der Waals surface area (Å²) in [4.78, 5) is 0. The average molecular weight is 267 g/mol. The molecular weight excluding hydrogens is 248 g/mol. The van der Waals surface area contributed by atoms with Crippen molar-refractivity contribution in [2.45, 2.75) is 20.8 Å². The van der Waals surface area contributed by atoms with Crippen molar-refractivity contribution in [3.63, 3.8) is 0 Å². The second-order valence-corrected chi connectivity index (χ2v) is 4.95. The van der Waals surface area contributed by atoms with E-state index in [1.54, 1.807) is 0 Å². The Labute approximate surface area is 102 Å². The number of hydrogen-bond donors (Lipinski definition) is 0. The van der Waals surface area contributed by atoms with E-state index < -0.39 is 0 Å². The molecule has 1 atom stereocenters. The van der Waals surface area contributed by atoms with Crippen LogP contribution in [-0.4, -0.2) is 5.33 Å². The summed E-state index contributed by atoms with van der Waals surface area (Å²) in [7, 11) is 0. The molecule has 0 N–H and O–H groups in total. The second-order valence-electron chi connectivity index (χ2n) is 4.30. The van der Waals surface area contributed by atoms with Gasteiger partial charge in [-0.1, -0.05) is 71.8 Å². The molecule has 0 heterocycles. The summed E-state index contributed by atoms with van der Waals surface area (Å²) in [6.45, 7) is 6.77. The van der Waals surface area contributed by atoms with E-state index in [-0.39, 0.29) is 0 Å². The van der Waals surface area contributed by atoms with Crippen LogP contribution in [0.2, 0.25) is 0 Å². The molecule has 1 aromatic rings. The number of halogens is 1. The number of benzene rings is 1. The fourth-order valence-electron chi connectivity index (χ4n) is 1.74. The van der Waals surface area contributed by atoms with Gasteiger partial charge in [-0.25, -0.2) is 0 Å². The molecule has 1 heteroatoms. The van der Waals surface area contributed by atoms with Crippen molar-refractivity contribution < 1.29 is 0 Å². The normalized spacial score (nSPS) is 14.3. The molecule has 0 nitrogen and oxygen atoms in total. The molecule has 0 fully saturated rings. The van der Waals surface area contributed by atoms with Gasteiger partial charge >= 0.3 is 0 Å². The number of hydrogen-bond acceptors (Lipinski definition) is 0. The van der Waals surface area contributed by atoms with Crippen molar-refractivity contribution in [2.75, 3.05) is 5.33 Å². The predicted octanol–water partition coefficient (Wildman–Crippen LogP) is 4.76. The van der Waals surface area contributed by atoms with Crippen molar-refractivity contribution >= 4 is 22.0 Å². The zero-order valence-electron chi connectivity index (χ0n) is 9.70. The van der Waals surface area contributed by atoms with Gasteiger partial charge in [-0.15, -0.1) is 0 Å². The van der Waals surface area contributed by atoms with Gasteiger partial charge in [-0.2, -0.15) is 0 Å². The highest BCUT2D eigenvalue weighted by Crippen LogP contribution is 2.24. The molecule has 0 saturated carbocycles. The molecule has 0 amide bonds. The topological polar surface area (TPSA) is 0 Å². The molecule has 0 aliphatic carbocycles. The Morgan fingerprint density at radius 2 is 1.87 bits per heavy atom. The Kier molecular flexibility index (Phi) is 5.10. The van der Waals surface area contributed by atoms with Gasteiger partial charge in [-0.05, 0) is 24.3 Å². The van der Waals surface area contributed by atoms with Crippen molar-refractivity contribution in [2.24, 2.45) is 11.8 Å². The number of rotatable bonds is 4. The van der Waals surface area contributed by atoms with Crippen molar-refractivity contribution in [1.29, 1.82) is 0 Å². The van der Waals surface area contributed by atoms with Gasteiger partial charge in [0.15, 0.2) is 0 Å². The number of allylic oxidation sites excluding steroid dienone is 1. The molecule has 0 radical (unpaired) electrons. The molecule has 82 valence electrons. The van der Waals surface area contributed by atoms with Crippen molar-refractivity contribution in [1.82, 2.24) is 0 Å². The Morgan fingerprint density at radius 3 is 2.33 bits per heavy atom. The van der Waals surface area contributed by atoms with E-state index in [4.69, 9.17) is 0 Å². The van der Waals surface area contributed by atoms with Crippen LogP contribution in [0, 0.1) is 11.8 Å². The van der Waals surface area contributed by atoms with Crippen LogP contribution in [0.3, 0.4) is 0 Å². The molecule has 1 aromatic carbocycles. The third-order valence-electron chi connectivity index (χ3n) is 2.75. The van der Waals surface area contributed by atoms with E-state index in [9.17, 15) is 0 Å². The summed E-state index contributed by atoms with van der Waals surface area (Å²) in [6.07, 6.45) is 2.28. The molecule has 0 spiro atoms. The van der Waals surface area contributed by atoms with E-state index in [0.29, 0.717) is 11.8 Å². The van der Waals surface area contributed by atoms with Crippen LogP contribution in [0.25, 0.3) is 6.08 Å². The number of alkyl halides is 1. The van der Waals surface area contributed by atoms with Gasteiger partial charge in [0.25, 0.3) is 0 Å². The maximum atomic E-state index is 3.59. The summed E-state index contributed by atoms with van der Waals surface area (Å²) >= 11 is 3.59. The zero-order valence-corrected chi connectivity index (χ0v) is 11.3. The summed E-state index contributed by atoms with van der Waals surface area (Å²) in [5.74, 6) is 1.31. The lowest BCUT2D eigenvalue weighted by Gasteiger charge is -2.19. The first-order valence-corrected chi connectivity index (χ1v) is 6.56. The maximum Gasteiger partial charge on any atom is 0.00994 e. The van der Waals surface area contributed by atoms with Gasteiger partial charge in [0.05, 0.1) is 0 Å². The van der Waals surface area contributed by atoms with Gasteiger partial charge < -0.3 is 0 Å². The summed E-state index contributed by atoms with van der Waals surface area (Å²) in [5.41, 5.74) is 2.75. The van der Waals surface area contributed by atoms with Gasteiger partial charge in [0.2, 0.25) is 0 Å². The van der Waals surface area contributed by atoms with Crippen LogP contribution in [-0.2, 0) is 0 Å². The fraction of sp³-hybridized carbons (Fsp3) is 0.429. The van der Waals surface area contributed by atoms with Gasteiger partial charge in [0, 0.05) is 5.33 Å². The highest BCUT2D eigenvalue weighted by Gasteiger charge is 2.13. The monoisotopic (exact) mass is 266 g/mol. The lowest BCUT2D eigenvalue weighted by Crippen LogP contribution is -2.11. The minimum Gasteiger partial charge on any atom is -0.0921 e. The molecule has 1 rings (SSSR count). The van der Waals surface area contributed by atoms with Crippen LogP contribution in [0.4, 0.5) is 0 Å². The van der Waals surface area contributed by atoms with E-state index in [1.807, 2.05) is 0 Å². The highest BCUT2D eigenvalue weighted by atomic mass is 79.9. The highest BCUT2D eigenvalue weighted by molar-refractivity contribution is 9.09. The quantitative estimate of drug-likeness (QED) is 0.690. The third kappa shape index (κ3) is 3.83. The van der Waals surface area contributed by atoms with Gasteiger partial charge in [0.1, 0.15) is 0 Å². The fourth-order valence-corrected chi connectivity index (χ4v) is 3.00. The zero-order chi connectivity index (χ0) is 11.3. The van der Waals surface area contributed by atoms with Gasteiger partial charge in [-0.3, -0.25) is 0 Å². The summed E-state index contributed by atoms with van der Waals surface area (Å²) in [6, 6.07) is 10.5. The Balaban J connectivity index is 2.83. The SMILES string of the molecule is C/C(=C/c1ccccc1)[C@H](CBr)C(C)C. The predicted molar refractivity (Wildman–Crippen MR) is 72.2 cm³/mol. The molecule has 0 unspecified atom stereocenters. The first-order chi connectivity index (χ1) is 7.15. The maximum absolute atomic E-state index is 3.59. The Morgan fingerprint density at radius 1 is 1.27 bits per heavy atom. The van der Waals surface area contributed by atoms with Crippen LogP contribution in [0.5, 0.6) is 0 Å². The molecule has 0 aromatic heterocycles. The minimum atomic E-state index is 0.630. The smallest absolute Gasteiger partial charge is 0.00994 e. The molecular formula is C14H19Br. The molecule has 0 aliphatic rings. The molecule has 15 heavy (non-hydrogen) atoms. The lowest BCUT2D eigenvalue weighted by molar-refractivity contribution is 0.492.